The van der Waals surface area contributed by atoms with Gasteiger partial charge in [0.15, 0.2) is 0 Å². The third-order valence-corrected chi connectivity index (χ3v) is 3.07. The van der Waals surface area contributed by atoms with Crippen LogP contribution in [0.2, 0.25) is 0 Å². The number of thiophene rings is 1. The Morgan fingerprint density at radius 1 is 1.85 bits per heavy atom. The average molecular weight is 263 g/mol. The average Bonchev–Trinajstić information content (AvgIpc) is 2.51. The maximum absolute atomic E-state index is 11.4. The van der Waals surface area contributed by atoms with Gasteiger partial charge in [-0.15, -0.1) is 11.3 Å². The van der Waals surface area contributed by atoms with E-state index in [1.54, 1.807) is 6.07 Å². The van der Waals surface area contributed by atoms with Crippen LogP contribution in [-0.2, 0) is 0 Å². The van der Waals surface area contributed by atoms with Gasteiger partial charge in [-0.3, -0.25) is 4.79 Å². The van der Waals surface area contributed by atoms with E-state index in [4.69, 9.17) is 5.73 Å². The number of hydrogen-bond donors (Lipinski definition) is 2. The Morgan fingerprint density at radius 2 is 2.54 bits per heavy atom. The summed E-state index contributed by atoms with van der Waals surface area (Å²) in [5.41, 5.74) is 6.06. The first kappa shape index (κ1) is 10.7. The Hall–Kier alpha value is -0.390. The molecular formula is C8H11BrN2OS. The summed E-state index contributed by atoms with van der Waals surface area (Å²) < 4.78 is 0.957. The van der Waals surface area contributed by atoms with Gasteiger partial charge in [-0.1, -0.05) is 0 Å². The van der Waals surface area contributed by atoms with Crippen molar-refractivity contribution in [3.05, 3.63) is 20.8 Å². The highest BCUT2D eigenvalue weighted by atomic mass is 79.9. The number of hydrogen-bond acceptors (Lipinski definition) is 3. The summed E-state index contributed by atoms with van der Waals surface area (Å²) in [5.74, 6) is -0.0695. The lowest BCUT2D eigenvalue weighted by atomic mass is 10.3. The SMILES string of the molecule is CC(CN)NC(=O)c1csc(Br)c1. The third-order valence-electron chi connectivity index (χ3n) is 1.56. The summed E-state index contributed by atoms with van der Waals surface area (Å²) in [4.78, 5) is 11.4. The molecule has 0 saturated heterocycles. The molecule has 3 nitrogen and oxygen atoms in total. The number of nitrogens with two attached hydrogens (primary N) is 1. The first-order valence-electron chi connectivity index (χ1n) is 3.88. The fraction of sp³-hybridized carbons (Fsp3) is 0.375. The molecule has 1 atom stereocenters. The highest BCUT2D eigenvalue weighted by Crippen LogP contribution is 2.20. The summed E-state index contributed by atoms with van der Waals surface area (Å²) in [5, 5.41) is 4.59. The lowest BCUT2D eigenvalue weighted by molar-refractivity contribution is 0.0941. The zero-order valence-corrected chi connectivity index (χ0v) is 9.61. The molecule has 0 aliphatic rings. The monoisotopic (exact) mass is 262 g/mol. The van der Waals surface area contributed by atoms with E-state index in [1.807, 2.05) is 12.3 Å². The first-order valence-corrected chi connectivity index (χ1v) is 5.55. The fourth-order valence-corrected chi connectivity index (χ4v) is 1.93. The molecule has 1 amide bonds. The summed E-state index contributed by atoms with van der Waals surface area (Å²) in [6, 6.07) is 1.81. The summed E-state index contributed by atoms with van der Waals surface area (Å²) in [6.45, 7) is 2.33. The predicted molar refractivity (Wildman–Crippen MR) is 58.0 cm³/mol. The lowest BCUT2D eigenvalue weighted by Crippen LogP contribution is -2.37. The van der Waals surface area contributed by atoms with Crippen molar-refractivity contribution in [3.63, 3.8) is 0 Å². The van der Waals surface area contributed by atoms with Gasteiger partial charge in [-0.05, 0) is 28.9 Å². The molecule has 0 fully saturated rings. The molecule has 0 aliphatic heterocycles. The van der Waals surface area contributed by atoms with Crippen molar-refractivity contribution in [1.82, 2.24) is 5.32 Å². The molecule has 0 spiro atoms. The largest absolute Gasteiger partial charge is 0.348 e. The van der Waals surface area contributed by atoms with Crippen molar-refractivity contribution in [2.45, 2.75) is 13.0 Å². The van der Waals surface area contributed by atoms with Crippen LogP contribution in [0.5, 0.6) is 0 Å². The van der Waals surface area contributed by atoms with Crippen LogP contribution < -0.4 is 11.1 Å². The maximum Gasteiger partial charge on any atom is 0.252 e. The summed E-state index contributed by atoms with van der Waals surface area (Å²) >= 11 is 4.79. The van der Waals surface area contributed by atoms with E-state index in [0.717, 1.165) is 3.79 Å². The van der Waals surface area contributed by atoms with Crippen molar-refractivity contribution < 1.29 is 4.79 Å². The van der Waals surface area contributed by atoms with Crippen LogP contribution in [0.4, 0.5) is 0 Å². The minimum atomic E-state index is -0.0695. The van der Waals surface area contributed by atoms with Crippen LogP contribution in [0, 0.1) is 0 Å². The van der Waals surface area contributed by atoms with Gasteiger partial charge < -0.3 is 11.1 Å². The molecule has 0 bridgehead atoms. The molecule has 1 aromatic heterocycles. The molecule has 1 unspecified atom stereocenters. The second-order valence-corrected chi connectivity index (χ2v) is 5.04. The Balaban J connectivity index is 2.58. The molecule has 72 valence electrons. The van der Waals surface area contributed by atoms with Crippen LogP contribution in [0.1, 0.15) is 17.3 Å². The molecular weight excluding hydrogens is 252 g/mol. The summed E-state index contributed by atoms with van der Waals surface area (Å²) in [6.07, 6.45) is 0. The number of carbonyl (C=O) groups is 1. The normalized spacial score (nSPS) is 12.5. The van der Waals surface area contributed by atoms with Crippen molar-refractivity contribution in [2.75, 3.05) is 6.54 Å². The minimum Gasteiger partial charge on any atom is -0.348 e. The zero-order valence-electron chi connectivity index (χ0n) is 7.21. The second kappa shape index (κ2) is 4.74. The standard InChI is InChI=1S/C8H11BrN2OS/c1-5(3-10)11-8(12)6-2-7(9)13-4-6/h2,4-5H,3,10H2,1H3,(H,11,12). The Labute approximate surface area is 89.5 Å². The molecule has 0 radical (unpaired) electrons. The molecule has 0 aromatic carbocycles. The minimum absolute atomic E-state index is 0.0196. The molecule has 0 saturated carbocycles. The maximum atomic E-state index is 11.4. The van der Waals surface area contributed by atoms with Gasteiger partial charge in [-0.2, -0.15) is 0 Å². The van der Waals surface area contributed by atoms with E-state index in [-0.39, 0.29) is 11.9 Å². The van der Waals surface area contributed by atoms with Crippen LogP contribution in [0.15, 0.2) is 15.2 Å². The second-order valence-electron chi connectivity index (χ2n) is 2.75. The van der Waals surface area contributed by atoms with Crippen LogP contribution in [0.25, 0.3) is 0 Å². The van der Waals surface area contributed by atoms with Gasteiger partial charge >= 0.3 is 0 Å². The number of nitrogens with one attached hydrogen (secondary N) is 1. The fourth-order valence-electron chi connectivity index (χ4n) is 0.795. The Kier molecular flexibility index (Phi) is 3.90. The quantitative estimate of drug-likeness (QED) is 0.870. The van der Waals surface area contributed by atoms with Crippen molar-refractivity contribution in [1.29, 1.82) is 0 Å². The molecule has 1 rings (SSSR count). The van der Waals surface area contributed by atoms with E-state index < -0.39 is 0 Å². The van der Waals surface area contributed by atoms with E-state index in [1.165, 1.54) is 11.3 Å². The van der Waals surface area contributed by atoms with Gasteiger partial charge in [0.25, 0.3) is 5.91 Å². The molecule has 13 heavy (non-hydrogen) atoms. The van der Waals surface area contributed by atoms with E-state index in [2.05, 4.69) is 21.2 Å². The first-order chi connectivity index (χ1) is 6.13. The van der Waals surface area contributed by atoms with Crippen LogP contribution in [0.3, 0.4) is 0 Å². The zero-order chi connectivity index (χ0) is 9.84. The van der Waals surface area contributed by atoms with Gasteiger partial charge in [0.2, 0.25) is 0 Å². The van der Waals surface area contributed by atoms with Crippen molar-refractivity contribution >= 4 is 33.2 Å². The molecule has 1 heterocycles. The predicted octanol–water partition coefficient (Wildman–Crippen LogP) is 1.59. The number of rotatable bonds is 3. The van der Waals surface area contributed by atoms with E-state index >= 15 is 0 Å². The number of carbonyl (C=O) groups excluding carboxylic acids is 1. The van der Waals surface area contributed by atoms with Crippen molar-refractivity contribution in [2.24, 2.45) is 5.73 Å². The smallest absolute Gasteiger partial charge is 0.252 e. The number of halogens is 1. The van der Waals surface area contributed by atoms with Crippen LogP contribution >= 0.6 is 27.3 Å². The van der Waals surface area contributed by atoms with Gasteiger partial charge in [0.1, 0.15) is 0 Å². The van der Waals surface area contributed by atoms with E-state index in [9.17, 15) is 4.79 Å². The van der Waals surface area contributed by atoms with Gasteiger partial charge in [-0.25, -0.2) is 0 Å². The molecule has 3 N–H and O–H groups in total. The van der Waals surface area contributed by atoms with Gasteiger partial charge in [0, 0.05) is 18.0 Å². The summed E-state index contributed by atoms with van der Waals surface area (Å²) in [7, 11) is 0. The highest BCUT2D eigenvalue weighted by Gasteiger charge is 2.09. The Morgan fingerprint density at radius 3 is 3.00 bits per heavy atom. The van der Waals surface area contributed by atoms with E-state index in [0.29, 0.717) is 12.1 Å². The Bertz CT molecular complexity index is 300. The molecule has 0 aliphatic carbocycles. The third kappa shape index (κ3) is 3.10. The van der Waals surface area contributed by atoms with Crippen molar-refractivity contribution in [3.8, 4) is 0 Å². The molecule has 1 aromatic rings. The lowest BCUT2D eigenvalue weighted by Gasteiger charge is -2.09. The molecule has 5 heteroatoms. The van der Waals surface area contributed by atoms with Gasteiger partial charge in [0.05, 0.1) is 9.35 Å². The van der Waals surface area contributed by atoms with Crippen LogP contribution in [-0.4, -0.2) is 18.5 Å². The highest BCUT2D eigenvalue weighted by molar-refractivity contribution is 9.11. The topological polar surface area (TPSA) is 55.1 Å². The number of amides is 1.